The van der Waals surface area contributed by atoms with Gasteiger partial charge in [0.15, 0.2) is 11.5 Å². The van der Waals surface area contributed by atoms with Crippen molar-refractivity contribution >= 4 is 22.3 Å². The van der Waals surface area contributed by atoms with Gasteiger partial charge in [0.25, 0.3) is 10.0 Å². The van der Waals surface area contributed by atoms with Crippen molar-refractivity contribution < 1.29 is 22.3 Å². The van der Waals surface area contributed by atoms with Crippen LogP contribution in [0.2, 0.25) is 0 Å². The van der Waals surface area contributed by atoms with E-state index in [0.717, 1.165) is 12.5 Å². The molecule has 7 nitrogen and oxygen atoms in total. The Kier molecular flexibility index (Phi) is 5.14. The highest BCUT2D eigenvalue weighted by Crippen LogP contribution is 2.15. The molecule has 0 atom stereocenters. The first kappa shape index (κ1) is 16.0. The smallest absolute Gasteiger partial charge is 0.359 e. The molecule has 9 heteroatoms. The molecule has 0 bridgehead atoms. The third kappa shape index (κ3) is 3.98. The van der Waals surface area contributed by atoms with E-state index in [1.807, 2.05) is 0 Å². The van der Waals surface area contributed by atoms with Gasteiger partial charge < -0.3 is 9.64 Å². The Morgan fingerprint density at radius 3 is 2.70 bits per heavy atom. The molecule has 0 unspecified atom stereocenters. The Balaban J connectivity index is 3.12. The fourth-order valence-corrected chi connectivity index (χ4v) is 2.00. The number of nitrogens with zero attached hydrogens (tertiary/aromatic N) is 3. The van der Waals surface area contributed by atoms with Crippen LogP contribution < -0.4 is 0 Å². The minimum absolute atomic E-state index is 0.0626. The van der Waals surface area contributed by atoms with E-state index in [2.05, 4.69) is 14.1 Å². The Labute approximate surface area is 116 Å². The van der Waals surface area contributed by atoms with Crippen LogP contribution in [0.1, 0.15) is 17.4 Å². The van der Waals surface area contributed by atoms with Gasteiger partial charge in [-0.05, 0) is 13.0 Å². The third-order valence-electron chi connectivity index (χ3n) is 2.00. The van der Waals surface area contributed by atoms with Gasteiger partial charge in [-0.15, -0.1) is 4.40 Å². The first-order chi connectivity index (χ1) is 9.27. The van der Waals surface area contributed by atoms with Gasteiger partial charge in [-0.2, -0.15) is 8.42 Å². The zero-order valence-electron chi connectivity index (χ0n) is 11.2. The van der Waals surface area contributed by atoms with E-state index in [4.69, 9.17) is 0 Å². The lowest BCUT2D eigenvalue weighted by molar-refractivity contribution is 0.0513. The molecule has 0 saturated heterocycles. The second-order valence-corrected chi connectivity index (χ2v) is 5.51. The molecule has 0 saturated carbocycles. The van der Waals surface area contributed by atoms with Crippen LogP contribution in [0.15, 0.2) is 21.6 Å². The summed E-state index contributed by atoms with van der Waals surface area (Å²) in [5.41, 5.74) is -0.567. The lowest BCUT2D eigenvalue weighted by Gasteiger charge is -2.05. The molecule has 0 amide bonds. The van der Waals surface area contributed by atoms with Crippen LogP contribution in [-0.2, 0) is 14.8 Å². The lowest BCUT2D eigenvalue weighted by atomic mass is 10.3. The van der Waals surface area contributed by atoms with Crippen molar-refractivity contribution in [2.45, 2.75) is 11.8 Å². The van der Waals surface area contributed by atoms with Crippen LogP contribution in [-0.4, -0.2) is 51.3 Å². The number of esters is 1. The number of sulfonamides is 1. The zero-order valence-corrected chi connectivity index (χ0v) is 12.0. The van der Waals surface area contributed by atoms with E-state index in [9.17, 15) is 17.6 Å². The number of aromatic nitrogens is 1. The van der Waals surface area contributed by atoms with Crippen LogP contribution in [0.25, 0.3) is 0 Å². The molecule has 0 spiro atoms. The fourth-order valence-electron chi connectivity index (χ4n) is 1.13. The van der Waals surface area contributed by atoms with Gasteiger partial charge >= 0.3 is 5.97 Å². The molecule has 0 aliphatic carbocycles. The highest BCUT2D eigenvalue weighted by atomic mass is 32.2. The molecule has 0 radical (unpaired) electrons. The van der Waals surface area contributed by atoms with Gasteiger partial charge in [-0.1, -0.05) is 0 Å². The van der Waals surface area contributed by atoms with Crippen molar-refractivity contribution in [3.05, 3.63) is 23.8 Å². The average Bonchev–Trinajstić information content (AvgIpc) is 2.36. The normalized spacial score (nSPS) is 11.6. The van der Waals surface area contributed by atoms with Gasteiger partial charge in [0.05, 0.1) is 6.61 Å². The summed E-state index contributed by atoms with van der Waals surface area (Å²) < 4.78 is 45.1. The molecule has 1 rings (SSSR count). The summed E-state index contributed by atoms with van der Waals surface area (Å²) in [4.78, 5) is 15.8. The van der Waals surface area contributed by atoms with Crippen LogP contribution in [0.4, 0.5) is 4.39 Å². The van der Waals surface area contributed by atoms with Gasteiger partial charge in [-0.25, -0.2) is 14.2 Å². The molecule has 0 aliphatic heterocycles. The first-order valence-electron chi connectivity index (χ1n) is 5.57. The predicted octanol–water partition coefficient (Wildman–Crippen LogP) is 0.676. The van der Waals surface area contributed by atoms with E-state index >= 15 is 0 Å². The summed E-state index contributed by atoms with van der Waals surface area (Å²) >= 11 is 0. The Morgan fingerprint density at radius 1 is 1.55 bits per heavy atom. The van der Waals surface area contributed by atoms with Gasteiger partial charge in [-0.3, -0.25) is 0 Å². The average molecular weight is 303 g/mol. The summed E-state index contributed by atoms with van der Waals surface area (Å²) in [6, 6.07) is 0.682. The molecule has 0 aliphatic rings. The molecule has 1 aromatic heterocycles. The van der Waals surface area contributed by atoms with E-state index in [0.29, 0.717) is 6.07 Å². The standard InChI is InChI=1S/C11H14FN3O4S/c1-4-19-11(16)10-9(12)5-8(6-13-10)20(17,18)14-7-15(2)3/h5-7H,4H2,1-3H3/b14-7+. The number of hydrogen-bond donors (Lipinski definition) is 0. The number of pyridine rings is 1. The molecule has 0 N–H and O–H groups in total. The monoisotopic (exact) mass is 303 g/mol. The van der Waals surface area contributed by atoms with E-state index < -0.39 is 32.4 Å². The minimum Gasteiger partial charge on any atom is -0.461 e. The van der Waals surface area contributed by atoms with Crippen molar-refractivity contribution in [1.82, 2.24) is 9.88 Å². The number of ether oxygens (including phenoxy) is 1. The molecular formula is C11H14FN3O4S. The SMILES string of the molecule is CCOC(=O)c1ncc(S(=O)(=O)/N=C/N(C)C)cc1F. The van der Waals surface area contributed by atoms with E-state index in [1.165, 1.54) is 4.90 Å². The van der Waals surface area contributed by atoms with Crippen LogP contribution >= 0.6 is 0 Å². The molecule has 0 aromatic carbocycles. The summed E-state index contributed by atoms with van der Waals surface area (Å²) in [5.74, 6) is -2.03. The Bertz CT molecular complexity index is 629. The fraction of sp³-hybridized carbons (Fsp3) is 0.364. The van der Waals surface area contributed by atoms with Crippen LogP contribution in [0.3, 0.4) is 0 Å². The van der Waals surface area contributed by atoms with Gasteiger partial charge in [0.2, 0.25) is 0 Å². The second kappa shape index (κ2) is 6.42. The third-order valence-corrected chi connectivity index (χ3v) is 3.19. The molecule has 110 valence electrons. The van der Waals surface area contributed by atoms with Crippen molar-refractivity contribution in [2.75, 3.05) is 20.7 Å². The van der Waals surface area contributed by atoms with Crippen molar-refractivity contribution in [3.63, 3.8) is 0 Å². The van der Waals surface area contributed by atoms with Gasteiger partial charge in [0, 0.05) is 20.3 Å². The largest absolute Gasteiger partial charge is 0.461 e. The zero-order chi connectivity index (χ0) is 15.3. The molecule has 20 heavy (non-hydrogen) atoms. The maximum atomic E-state index is 13.7. The maximum Gasteiger partial charge on any atom is 0.359 e. The minimum atomic E-state index is -4.06. The number of rotatable bonds is 5. The van der Waals surface area contributed by atoms with E-state index in [1.54, 1.807) is 21.0 Å². The highest BCUT2D eigenvalue weighted by molar-refractivity contribution is 7.90. The lowest BCUT2D eigenvalue weighted by Crippen LogP contribution is -2.12. The second-order valence-electron chi connectivity index (χ2n) is 3.88. The molecule has 1 heterocycles. The van der Waals surface area contributed by atoms with Crippen molar-refractivity contribution in [2.24, 2.45) is 4.40 Å². The molecule has 1 aromatic rings. The topological polar surface area (TPSA) is 88.9 Å². The Hall–Kier alpha value is -2.03. The summed E-state index contributed by atoms with van der Waals surface area (Å²) in [6.45, 7) is 1.62. The summed E-state index contributed by atoms with van der Waals surface area (Å²) in [7, 11) is -0.889. The van der Waals surface area contributed by atoms with Crippen LogP contribution in [0.5, 0.6) is 0 Å². The summed E-state index contributed by atoms with van der Waals surface area (Å²) in [6.07, 6.45) is 1.92. The summed E-state index contributed by atoms with van der Waals surface area (Å²) in [5, 5.41) is 0. The van der Waals surface area contributed by atoms with E-state index in [-0.39, 0.29) is 6.61 Å². The quantitative estimate of drug-likeness (QED) is 0.451. The number of hydrogen-bond acceptors (Lipinski definition) is 5. The number of carbonyl (C=O) groups is 1. The van der Waals surface area contributed by atoms with Crippen LogP contribution in [0, 0.1) is 5.82 Å². The van der Waals surface area contributed by atoms with Crippen molar-refractivity contribution in [3.8, 4) is 0 Å². The van der Waals surface area contributed by atoms with Gasteiger partial charge in [0.1, 0.15) is 11.2 Å². The molecular weight excluding hydrogens is 289 g/mol. The van der Waals surface area contributed by atoms with Crippen molar-refractivity contribution in [1.29, 1.82) is 0 Å². The first-order valence-corrected chi connectivity index (χ1v) is 7.01. The molecule has 0 fully saturated rings. The number of carbonyl (C=O) groups excluding carboxylic acids is 1. The Morgan fingerprint density at radius 2 is 2.20 bits per heavy atom. The highest BCUT2D eigenvalue weighted by Gasteiger charge is 2.20. The predicted molar refractivity (Wildman–Crippen MR) is 69.5 cm³/mol. The number of halogens is 1. The maximum absolute atomic E-state index is 13.7.